The Bertz CT molecular complexity index is 431. The first-order valence-corrected chi connectivity index (χ1v) is 6.83. The molecule has 1 aromatic carbocycles. The van der Waals surface area contributed by atoms with Crippen LogP contribution >= 0.6 is 0 Å². The van der Waals surface area contributed by atoms with Gasteiger partial charge in [-0.25, -0.2) is 0 Å². The lowest BCUT2D eigenvalue weighted by atomic mass is 10.2. The maximum atomic E-state index is 11.9. The van der Waals surface area contributed by atoms with E-state index < -0.39 is 0 Å². The predicted octanol–water partition coefficient (Wildman–Crippen LogP) is 1.83. The third-order valence-corrected chi connectivity index (χ3v) is 3.32. The average molecular weight is 279 g/mol. The number of hydrogen-bond acceptors (Lipinski definition) is 4. The number of methoxy groups -OCH3 is 1. The van der Waals surface area contributed by atoms with Crippen LogP contribution in [0.15, 0.2) is 24.3 Å². The van der Waals surface area contributed by atoms with E-state index in [2.05, 4.69) is 24.1 Å². The normalized spacial score (nSPS) is 12.3. The van der Waals surface area contributed by atoms with Crippen molar-refractivity contribution in [1.82, 2.24) is 0 Å². The van der Waals surface area contributed by atoms with Crippen molar-refractivity contribution in [2.75, 3.05) is 30.9 Å². The molecule has 1 unspecified atom stereocenters. The molecule has 3 N–H and O–H groups in total. The number of carbonyl (C=O) groups excluding carboxylic acids is 1. The topological polar surface area (TPSA) is 67.6 Å². The zero-order valence-corrected chi connectivity index (χ0v) is 12.7. The number of nitrogens with zero attached hydrogens (tertiary/aromatic N) is 1. The molecular weight excluding hydrogens is 254 g/mol. The molecular formula is C15H25N3O2. The van der Waals surface area contributed by atoms with Gasteiger partial charge in [0.15, 0.2) is 0 Å². The molecule has 20 heavy (non-hydrogen) atoms. The lowest BCUT2D eigenvalue weighted by Gasteiger charge is -2.24. The molecule has 0 fully saturated rings. The third-order valence-electron chi connectivity index (χ3n) is 3.32. The number of hydrogen-bond donors (Lipinski definition) is 2. The Morgan fingerprint density at radius 2 is 2.15 bits per heavy atom. The van der Waals surface area contributed by atoms with E-state index >= 15 is 0 Å². The molecule has 0 aromatic heterocycles. The number of ether oxygens (including phenoxy) is 1. The minimum atomic E-state index is -0.239. The fourth-order valence-corrected chi connectivity index (χ4v) is 1.78. The fraction of sp³-hybridized carbons (Fsp3) is 0.533. The minimum Gasteiger partial charge on any atom is -0.380 e. The molecule has 0 heterocycles. The quantitative estimate of drug-likeness (QED) is 0.799. The van der Waals surface area contributed by atoms with E-state index in [0.29, 0.717) is 12.6 Å². The number of nitrogens with one attached hydrogen (secondary N) is 1. The molecule has 1 aromatic rings. The summed E-state index contributed by atoms with van der Waals surface area (Å²) in [6, 6.07) is 8.19. The van der Waals surface area contributed by atoms with Gasteiger partial charge in [0.25, 0.3) is 0 Å². The van der Waals surface area contributed by atoms with Crippen molar-refractivity contribution < 1.29 is 9.53 Å². The Morgan fingerprint density at radius 1 is 1.45 bits per heavy atom. The molecule has 112 valence electrons. The number of rotatable bonds is 7. The fourth-order valence-electron chi connectivity index (χ4n) is 1.78. The molecule has 0 aliphatic carbocycles. The van der Waals surface area contributed by atoms with E-state index in [1.54, 1.807) is 7.11 Å². The highest BCUT2D eigenvalue weighted by atomic mass is 16.5. The Labute approximate surface area is 121 Å². The number of amides is 1. The summed E-state index contributed by atoms with van der Waals surface area (Å²) in [5.41, 5.74) is 7.36. The van der Waals surface area contributed by atoms with Crippen molar-refractivity contribution in [3.8, 4) is 0 Å². The second-order valence-electron chi connectivity index (χ2n) is 5.10. The average Bonchev–Trinajstić information content (AvgIpc) is 2.44. The van der Waals surface area contributed by atoms with Crippen LogP contribution in [-0.4, -0.2) is 38.8 Å². The monoisotopic (exact) mass is 279 g/mol. The number of nitrogens with two attached hydrogens (primary N) is 1. The Morgan fingerprint density at radius 3 is 2.70 bits per heavy atom. The largest absolute Gasteiger partial charge is 0.380 e. The first-order valence-electron chi connectivity index (χ1n) is 6.83. The van der Waals surface area contributed by atoms with Crippen LogP contribution in [0, 0.1) is 0 Å². The Hall–Kier alpha value is -1.59. The summed E-state index contributed by atoms with van der Waals surface area (Å²) >= 11 is 0. The summed E-state index contributed by atoms with van der Waals surface area (Å²) in [6.07, 6.45) is 0.0218. The van der Waals surface area contributed by atoms with Crippen molar-refractivity contribution >= 4 is 17.3 Å². The van der Waals surface area contributed by atoms with Gasteiger partial charge < -0.3 is 20.7 Å². The summed E-state index contributed by atoms with van der Waals surface area (Å²) in [7, 11) is 3.59. The molecule has 0 radical (unpaired) electrons. The standard InChI is InChI=1S/C15H25N3O2/c1-11(2)18(3)13-7-5-6-12(8-13)17-15(19)9-14(10-16)20-4/h5-8,11,14H,9-10,16H2,1-4H3,(H,17,19). The van der Waals surface area contributed by atoms with E-state index in [4.69, 9.17) is 10.5 Å². The van der Waals surface area contributed by atoms with Crippen molar-refractivity contribution in [1.29, 1.82) is 0 Å². The van der Waals surface area contributed by atoms with Crippen LogP contribution in [0.1, 0.15) is 20.3 Å². The first-order chi connectivity index (χ1) is 9.47. The van der Waals surface area contributed by atoms with Gasteiger partial charge in [0, 0.05) is 38.1 Å². The number of benzene rings is 1. The molecule has 0 bridgehead atoms. The summed E-state index contributed by atoms with van der Waals surface area (Å²) < 4.78 is 5.11. The van der Waals surface area contributed by atoms with Crippen molar-refractivity contribution in [2.24, 2.45) is 5.73 Å². The summed E-state index contributed by atoms with van der Waals surface area (Å²) in [6.45, 7) is 4.57. The zero-order chi connectivity index (χ0) is 15.1. The third kappa shape index (κ3) is 4.83. The molecule has 1 atom stereocenters. The van der Waals surface area contributed by atoms with Crippen LogP contribution < -0.4 is 16.0 Å². The molecule has 5 nitrogen and oxygen atoms in total. The first kappa shape index (κ1) is 16.5. The van der Waals surface area contributed by atoms with E-state index in [9.17, 15) is 4.79 Å². The highest BCUT2D eigenvalue weighted by Crippen LogP contribution is 2.20. The molecule has 0 aliphatic heterocycles. The lowest BCUT2D eigenvalue weighted by Crippen LogP contribution is -2.28. The predicted molar refractivity (Wildman–Crippen MR) is 83.1 cm³/mol. The van der Waals surface area contributed by atoms with Gasteiger partial charge in [0.1, 0.15) is 0 Å². The van der Waals surface area contributed by atoms with Crippen molar-refractivity contribution in [2.45, 2.75) is 32.4 Å². The van der Waals surface area contributed by atoms with Crippen LogP contribution in [0.5, 0.6) is 0 Å². The van der Waals surface area contributed by atoms with Gasteiger partial charge in [-0.1, -0.05) is 6.07 Å². The second-order valence-corrected chi connectivity index (χ2v) is 5.10. The number of carbonyl (C=O) groups is 1. The van der Waals surface area contributed by atoms with Crippen LogP contribution in [0.25, 0.3) is 0 Å². The van der Waals surface area contributed by atoms with E-state index in [-0.39, 0.29) is 18.4 Å². The van der Waals surface area contributed by atoms with Gasteiger partial charge in [0.2, 0.25) is 5.91 Å². The number of anilines is 2. The van der Waals surface area contributed by atoms with Crippen LogP contribution in [0.3, 0.4) is 0 Å². The van der Waals surface area contributed by atoms with Crippen molar-refractivity contribution in [3.63, 3.8) is 0 Å². The molecule has 0 saturated carbocycles. The highest BCUT2D eigenvalue weighted by Gasteiger charge is 2.12. The van der Waals surface area contributed by atoms with E-state index in [0.717, 1.165) is 11.4 Å². The Balaban J connectivity index is 2.68. The van der Waals surface area contributed by atoms with Gasteiger partial charge >= 0.3 is 0 Å². The smallest absolute Gasteiger partial charge is 0.227 e. The maximum absolute atomic E-state index is 11.9. The van der Waals surface area contributed by atoms with E-state index in [1.165, 1.54) is 0 Å². The maximum Gasteiger partial charge on any atom is 0.227 e. The zero-order valence-electron chi connectivity index (χ0n) is 12.7. The van der Waals surface area contributed by atoms with E-state index in [1.807, 2.05) is 31.3 Å². The molecule has 0 saturated heterocycles. The second kappa shape index (κ2) is 7.87. The molecule has 1 amide bonds. The molecule has 5 heteroatoms. The summed E-state index contributed by atoms with van der Waals surface area (Å²) in [4.78, 5) is 14.0. The highest BCUT2D eigenvalue weighted by molar-refractivity contribution is 5.91. The van der Waals surface area contributed by atoms with Crippen LogP contribution in [0.2, 0.25) is 0 Å². The van der Waals surface area contributed by atoms with Crippen LogP contribution in [-0.2, 0) is 9.53 Å². The SMILES string of the molecule is COC(CN)CC(=O)Nc1cccc(N(C)C(C)C)c1. The van der Waals surface area contributed by atoms with Gasteiger partial charge in [-0.05, 0) is 32.0 Å². The Kier molecular flexibility index (Phi) is 6.48. The van der Waals surface area contributed by atoms with Crippen molar-refractivity contribution in [3.05, 3.63) is 24.3 Å². The molecule has 1 rings (SSSR count). The van der Waals surface area contributed by atoms with Gasteiger partial charge in [-0.15, -0.1) is 0 Å². The molecule has 0 spiro atoms. The lowest BCUT2D eigenvalue weighted by molar-refractivity contribution is -0.118. The van der Waals surface area contributed by atoms with Gasteiger partial charge in [0.05, 0.1) is 12.5 Å². The summed E-state index contributed by atoms with van der Waals surface area (Å²) in [5, 5.41) is 2.87. The van der Waals surface area contributed by atoms with Gasteiger partial charge in [-0.3, -0.25) is 4.79 Å². The minimum absolute atomic E-state index is 0.0911. The summed E-state index contributed by atoms with van der Waals surface area (Å²) in [5.74, 6) is -0.0911. The van der Waals surface area contributed by atoms with Crippen LogP contribution in [0.4, 0.5) is 11.4 Å². The van der Waals surface area contributed by atoms with Gasteiger partial charge in [-0.2, -0.15) is 0 Å². The molecule has 0 aliphatic rings.